The summed E-state index contributed by atoms with van der Waals surface area (Å²) in [5.74, 6) is 0.932. The summed E-state index contributed by atoms with van der Waals surface area (Å²) in [5, 5.41) is 0.735. The van der Waals surface area contributed by atoms with Gasteiger partial charge in [0.25, 0.3) is 0 Å². The monoisotopic (exact) mass is 184 g/mol. The summed E-state index contributed by atoms with van der Waals surface area (Å²) >= 11 is 6.04. The topological polar surface area (TPSA) is 38.9 Å². The van der Waals surface area contributed by atoms with Crippen LogP contribution in [-0.4, -0.2) is 4.98 Å². The fourth-order valence-electron chi connectivity index (χ4n) is 1.13. The minimum atomic E-state index is 0.390. The molecule has 0 radical (unpaired) electrons. The van der Waals surface area contributed by atoms with Gasteiger partial charge in [-0.15, -0.1) is 0 Å². The van der Waals surface area contributed by atoms with E-state index in [2.05, 4.69) is 18.8 Å². The van der Waals surface area contributed by atoms with E-state index < -0.39 is 0 Å². The number of nitrogen functional groups attached to an aromatic ring is 1. The van der Waals surface area contributed by atoms with Gasteiger partial charge in [-0.25, -0.2) is 4.98 Å². The highest BCUT2D eigenvalue weighted by molar-refractivity contribution is 6.32. The van der Waals surface area contributed by atoms with Crippen LogP contribution in [0.4, 0.5) is 5.82 Å². The first-order chi connectivity index (χ1) is 5.52. The number of hydrogen-bond acceptors (Lipinski definition) is 2. The fraction of sp³-hybridized carbons (Fsp3) is 0.444. The molecule has 1 aromatic rings. The number of aryl methyl sites for hydroxylation is 1. The zero-order valence-electron chi connectivity index (χ0n) is 7.56. The summed E-state index contributed by atoms with van der Waals surface area (Å²) in [6.45, 7) is 6.03. The first kappa shape index (κ1) is 9.33. The molecule has 0 fully saturated rings. The van der Waals surface area contributed by atoms with Crippen molar-refractivity contribution in [3.05, 3.63) is 22.3 Å². The van der Waals surface area contributed by atoms with E-state index in [1.54, 1.807) is 0 Å². The van der Waals surface area contributed by atoms with Crippen LogP contribution in [-0.2, 0) is 0 Å². The molecule has 0 aliphatic rings. The van der Waals surface area contributed by atoms with Gasteiger partial charge in [-0.05, 0) is 24.5 Å². The van der Waals surface area contributed by atoms with Crippen LogP contribution in [0.1, 0.15) is 31.0 Å². The number of nitrogens with two attached hydrogens (primary N) is 1. The Morgan fingerprint density at radius 3 is 2.58 bits per heavy atom. The Kier molecular flexibility index (Phi) is 2.58. The molecule has 0 unspecified atom stereocenters. The lowest BCUT2D eigenvalue weighted by atomic mass is 10.0. The van der Waals surface area contributed by atoms with Crippen molar-refractivity contribution in [3.63, 3.8) is 0 Å². The van der Waals surface area contributed by atoms with Crippen molar-refractivity contribution in [3.8, 4) is 0 Å². The number of aromatic nitrogens is 1. The molecule has 0 atom stereocenters. The molecular formula is C9H13ClN2. The van der Waals surface area contributed by atoms with Crippen LogP contribution >= 0.6 is 11.6 Å². The number of pyridine rings is 1. The van der Waals surface area contributed by atoms with Gasteiger partial charge in [0.1, 0.15) is 5.82 Å². The molecule has 0 aliphatic carbocycles. The van der Waals surface area contributed by atoms with E-state index in [0.29, 0.717) is 11.7 Å². The fourth-order valence-corrected chi connectivity index (χ4v) is 1.44. The van der Waals surface area contributed by atoms with Gasteiger partial charge >= 0.3 is 0 Å². The van der Waals surface area contributed by atoms with Crippen LogP contribution in [0.2, 0.25) is 5.02 Å². The second-order valence-electron chi connectivity index (χ2n) is 3.19. The Morgan fingerprint density at radius 1 is 1.50 bits per heavy atom. The largest absolute Gasteiger partial charge is 0.384 e. The Hall–Kier alpha value is -0.760. The quantitative estimate of drug-likeness (QED) is 0.729. The molecule has 3 heteroatoms. The lowest BCUT2D eigenvalue weighted by molar-refractivity contribution is 0.861. The van der Waals surface area contributed by atoms with E-state index in [9.17, 15) is 0 Å². The Balaban J connectivity index is 3.28. The molecule has 0 saturated heterocycles. The molecule has 66 valence electrons. The van der Waals surface area contributed by atoms with E-state index in [4.69, 9.17) is 17.3 Å². The predicted molar refractivity (Wildman–Crippen MR) is 52.5 cm³/mol. The van der Waals surface area contributed by atoms with Gasteiger partial charge in [-0.2, -0.15) is 0 Å². The summed E-state index contributed by atoms with van der Waals surface area (Å²) in [6, 6.07) is 1.83. The third-order valence-electron chi connectivity index (χ3n) is 1.79. The zero-order chi connectivity index (χ0) is 9.30. The predicted octanol–water partition coefficient (Wildman–Crippen LogP) is 2.75. The highest BCUT2D eigenvalue weighted by atomic mass is 35.5. The van der Waals surface area contributed by atoms with Gasteiger partial charge in [0.15, 0.2) is 0 Å². The van der Waals surface area contributed by atoms with Gasteiger partial charge in [0, 0.05) is 0 Å². The SMILES string of the molecule is Cc1nc(N)cc(C(C)C)c1Cl. The number of hydrogen-bond donors (Lipinski definition) is 1. The molecule has 2 nitrogen and oxygen atoms in total. The van der Waals surface area contributed by atoms with E-state index in [0.717, 1.165) is 16.3 Å². The van der Waals surface area contributed by atoms with Crippen LogP contribution in [0.15, 0.2) is 6.07 Å². The lowest BCUT2D eigenvalue weighted by Gasteiger charge is -2.10. The van der Waals surface area contributed by atoms with E-state index >= 15 is 0 Å². The Bertz CT molecular complexity index is 295. The smallest absolute Gasteiger partial charge is 0.123 e. The molecule has 1 rings (SSSR count). The van der Waals surface area contributed by atoms with Crippen molar-refractivity contribution < 1.29 is 0 Å². The normalized spacial score (nSPS) is 10.8. The van der Waals surface area contributed by atoms with Crippen LogP contribution in [0.5, 0.6) is 0 Å². The van der Waals surface area contributed by atoms with Crippen molar-refractivity contribution in [2.75, 3.05) is 5.73 Å². The van der Waals surface area contributed by atoms with Crippen molar-refractivity contribution >= 4 is 17.4 Å². The summed E-state index contributed by atoms with van der Waals surface area (Å²) in [4.78, 5) is 4.06. The van der Waals surface area contributed by atoms with Gasteiger partial charge in [-0.1, -0.05) is 25.4 Å². The molecule has 0 spiro atoms. The van der Waals surface area contributed by atoms with Gasteiger partial charge in [0.05, 0.1) is 10.7 Å². The highest BCUT2D eigenvalue weighted by Gasteiger charge is 2.08. The Morgan fingerprint density at radius 2 is 2.08 bits per heavy atom. The highest BCUT2D eigenvalue weighted by Crippen LogP contribution is 2.27. The summed E-state index contributed by atoms with van der Waals surface area (Å²) in [5.41, 5.74) is 7.47. The molecule has 0 amide bonds. The van der Waals surface area contributed by atoms with Crippen LogP contribution in [0.3, 0.4) is 0 Å². The van der Waals surface area contributed by atoms with E-state index in [1.807, 2.05) is 13.0 Å². The average Bonchev–Trinajstić information content (AvgIpc) is 1.96. The molecule has 1 aromatic heterocycles. The molecule has 12 heavy (non-hydrogen) atoms. The molecule has 0 bridgehead atoms. The van der Waals surface area contributed by atoms with Crippen molar-refractivity contribution in [1.29, 1.82) is 0 Å². The number of halogens is 1. The van der Waals surface area contributed by atoms with Crippen LogP contribution in [0.25, 0.3) is 0 Å². The minimum absolute atomic E-state index is 0.390. The Labute approximate surface area is 77.8 Å². The molecular weight excluding hydrogens is 172 g/mol. The molecule has 0 aromatic carbocycles. The van der Waals surface area contributed by atoms with E-state index in [1.165, 1.54) is 0 Å². The van der Waals surface area contributed by atoms with Crippen molar-refractivity contribution in [2.45, 2.75) is 26.7 Å². The lowest BCUT2D eigenvalue weighted by Crippen LogP contribution is -1.98. The van der Waals surface area contributed by atoms with Crippen molar-refractivity contribution in [1.82, 2.24) is 4.98 Å². The molecule has 0 aliphatic heterocycles. The second-order valence-corrected chi connectivity index (χ2v) is 3.57. The summed E-state index contributed by atoms with van der Waals surface area (Å²) < 4.78 is 0. The van der Waals surface area contributed by atoms with Gasteiger partial charge in [0.2, 0.25) is 0 Å². The van der Waals surface area contributed by atoms with Gasteiger partial charge in [-0.3, -0.25) is 0 Å². The molecule has 0 saturated carbocycles. The van der Waals surface area contributed by atoms with Gasteiger partial charge < -0.3 is 5.73 Å². The molecule has 1 heterocycles. The van der Waals surface area contributed by atoms with E-state index in [-0.39, 0.29) is 0 Å². The maximum absolute atomic E-state index is 6.04. The maximum Gasteiger partial charge on any atom is 0.123 e. The first-order valence-electron chi connectivity index (χ1n) is 3.95. The second kappa shape index (κ2) is 3.31. The standard InChI is InChI=1S/C9H13ClN2/c1-5(2)7-4-8(11)12-6(3)9(7)10/h4-5H,1-3H3,(H2,11,12). The minimum Gasteiger partial charge on any atom is -0.384 e. The van der Waals surface area contributed by atoms with Crippen LogP contribution in [0, 0.1) is 6.92 Å². The summed E-state index contributed by atoms with van der Waals surface area (Å²) in [7, 11) is 0. The summed E-state index contributed by atoms with van der Waals surface area (Å²) in [6.07, 6.45) is 0. The molecule has 2 N–H and O–H groups in total. The number of nitrogens with zero attached hydrogens (tertiary/aromatic N) is 1. The first-order valence-corrected chi connectivity index (χ1v) is 4.32. The van der Waals surface area contributed by atoms with Crippen molar-refractivity contribution in [2.24, 2.45) is 0 Å². The average molecular weight is 185 g/mol. The third-order valence-corrected chi connectivity index (χ3v) is 2.29. The third kappa shape index (κ3) is 1.69. The zero-order valence-corrected chi connectivity index (χ0v) is 8.31. The number of anilines is 1. The maximum atomic E-state index is 6.04. The van der Waals surface area contributed by atoms with Crippen LogP contribution < -0.4 is 5.73 Å². The number of rotatable bonds is 1.